The number of hydrogen-bond acceptors (Lipinski definition) is 5. The lowest BCUT2D eigenvalue weighted by atomic mass is 9.75. The minimum atomic E-state index is -1.15. The number of anilines is 1. The molecule has 5 rings (SSSR count). The van der Waals surface area contributed by atoms with Crippen LogP contribution in [0.15, 0.2) is 18.2 Å². The van der Waals surface area contributed by atoms with Crippen LogP contribution >= 0.6 is 11.6 Å². The zero-order valence-corrected chi connectivity index (χ0v) is 15.7. The number of halogens is 1. The number of nitrogens with zero attached hydrogens (tertiary/aromatic N) is 2. The Labute approximate surface area is 161 Å². The van der Waals surface area contributed by atoms with Crippen LogP contribution < -0.4 is 5.32 Å². The van der Waals surface area contributed by atoms with Crippen molar-refractivity contribution in [3.8, 4) is 0 Å². The van der Waals surface area contributed by atoms with Crippen LogP contribution in [0.25, 0.3) is 0 Å². The highest BCUT2D eigenvalue weighted by Crippen LogP contribution is 2.60. The summed E-state index contributed by atoms with van der Waals surface area (Å²) in [6.45, 7) is 1.19. The molecule has 27 heavy (non-hydrogen) atoms. The lowest BCUT2D eigenvalue weighted by molar-refractivity contribution is -0.146. The van der Waals surface area contributed by atoms with Crippen molar-refractivity contribution in [2.75, 3.05) is 32.1 Å². The van der Waals surface area contributed by atoms with Gasteiger partial charge in [0.1, 0.15) is 5.54 Å². The summed E-state index contributed by atoms with van der Waals surface area (Å²) in [7, 11) is 1.54. The fourth-order valence-corrected chi connectivity index (χ4v) is 5.88. The SMILES string of the molecule is COCCN1C(=O)[C@@H]2[C@H]3CCCN3[C@]3(C(=O)Nc4c(Cl)cccc43)[C@@H]2C1=O. The average molecular weight is 390 g/mol. The van der Waals surface area contributed by atoms with Crippen molar-refractivity contribution in [1.82, 2.24) is 9.80 Å². The maximum atomic E-state index is 13.3. The molecule has 142 valence electrons. The Morgan fingerprint density at radius 2 is 2.11 bits per heavy atom. The Morgan fingerprint density at radius 1 is 1.30 bits per heavy atom. The van der Waals surface area contributed by atoms with Crippen LogP contribution in [0.1, 0.15) is 18.4 Å². The van der Waals surface area contributed by atoms with Crippen molar-refractivity contribution in [2.24, 2.45) is 11.8 Å². The predicted octanol–water partition coefficient (Wildman–Crippen LogP) is 1.21. The van der Waals surface area contributed by atoms with Crippen molar-refractivity contribution in [3.63, 3.8) is 0 Å². The molecule has 4 heterocycles. The van der Waals surface area contributed by atoms with E-state index in [0.29, 0.717) is 22.8 Å². The molecule has 0 bridgehead atoms. The molecule has 3 fully saturated rings. The van der Waals surface area contributed by atoms with Gasteiger partial charge in [-0.3, -0.25) is 24.2 Å². The minimum absolute atomic E-state index is 0.102. The van der Waals surface area contributed by atoms with Gasteiger partial charge in [0.2, 0.25) is 11.8 Å². The quantitative estimate of drug-likeness (QED) is 0.786. The summed E-state index contributed by atoms with van der Waals surface area (Å²) in [5, 5.41) is 3.35. The van der Waals surface area contributed by atoms with E-state index in [1.165, 1.54) is 12.0 Å². The van der Waals surface area contributed by atoms with Crippen molar-refractivity contribution in [2.45, 2.75) is 24.4 Å². The topological polar surface area (TPSA) is 79.0 Å². The molecule has 0 unspecified atom stereocenters. The fourth-order valence-electron chi connectivity index (χ4n) is 5.66. The predicted molar refractivity (Wildman–Crippen MR) is 97.1 cm³/mol. The monoisotopic (exact) mass is 389 g/mol. The number of likely N-dealkylation sites (tertiary alicyclic amines) is 1. The van der Waals surface area contributed by atoms with Gasteiger partial charge in [-0.2, -0.15) is 0 Å². The van der Waals surface area contributed by atoms with Crippen LogP contribution in [0.5, 0.6) is 0 Å². The van der Waals surface area contributed by atoms with Gasteiger partial charge < -0.3 is 10.1 Å². The molecule has 3 saturated heterocycles. The Kier molecular flexibility index (Phi) is 3.67. The minimum Gasteiger partial charge on any atom is -0.383 e. The zero-order valence-electron chi connectivity index (χ0n) is 14.9. The molecule has 4 aliphatic rings. The third-order valence-electron chi connectivity index (χ3n) is 6.59. The fraction of sp³-hybridized carbons (Fsp3) is 0.526. The number of imide groups is 1. The Morgan fingerprint density at radius 3 is 2.89 bits per heavy atom. The molecule has 1 spiro atoms. The van der Waals surface area contributed by atoms with E-state index in [4.69, 9.17) is 16.3 Å². The third-order valence-corrected chi connectivity index (χ3v) is 6.90. The molecular weight excluding hydrogens is 370 g/mol. The summed E-state index contributed by atoms with van der Waals surface area (Å²) in [5.74, 6) is -1.92. The van der Waals surface area contributed by atoms with Crippen molar-refractivity contribution in [3.05, 3.63) is 28.8 Å². The van der Waals surface area contributed by atoms with Gasteiger partial charge in [0.15, 0.2) is 0 Å². The molecule has 1 aromatic rings. The first-order chi connectivity index (χ1) is 13.0. The molecule has 8 heteroatoms. The maximum absolute atomic E-state index is 13.3. The number of ether oxygens (including phenoxy) is 1. The van der Waals surface area contributed by atoms with Gasteiger partial charge in [0.05, 0.1) is 35.7 Å². The van der Waals surface area contributed by atoms with E-state index in [1.54, 1.807) is 12.1 Å². The van der Waals surface area contributed by atoms with Gasteiger partial charge in [0, 0.05) is 18.7 Å². The van der Waals surface area contributed by atoms with E-state index in [2.05, 4.69) is 10.2 Å². The van der Waals surface area contributed by atoms with E-state index >= 15 is 0 Å². The van der Waals surface area contributed by atoms with E-state index in [-0.39, 0.29) is 36.9 Å². The molecule has 1 N–H and O–H groups in total. The number of rotatable bonds is 3. The van der Waals surface area contributed by atoms with E-state index in [1.807, 2.05) is 6.07 Å². The number of carbonyl (C=O) groups excluding carboxylic acids is 3. The number of carbonyl (C=O) groups is 3. The molecule has 7 nitrogen and oxygen atoms in total. The first-order valence-corrected chi connectivity index (χ1v) is 9.62. The second kappa shape index (κ2) is 5.77. The summed E-state index contributed by atoms with van der Waals surface area (Å²) >= 11 is 6.33. The average Bonchev–Trinajstić information content (AvgIpc) is 3.34. The Hall–Kier alpha value is -1.96. The van der Waals surface area contributed by atoms with Crippen molar-refractivity contribution >= 4 is 35.0 Å². The van der Waals surface area contributed by atoms with Gasteiger partial charge in [-0.1, -0.05) is 23.7 Å². The molecule has 3 amide bonds. The molecule has 4 aliphatic heterocycles. The molecular formula is C19H20ClN3O4. The number of nitrogens with one attached hydrogen (secondary N) is 1. The van der Waals surface area contributed by atoms with Gasteiger partial charge >= 0.3 is 0 Å². The van der Waals surface area contributed by atoms with Crippen LogP contribution in [-0.4, -0.2) is 60.4 Å². The van der Waals surface area contributed by atoms with Gasteiger partial charge in [-0.25, -0.2) is 0 Å². The molecule has 0 radical (unpaired) electrons. The summed E-state index contributed by atoms with van der Waals surface area (Å²) in [6.07, 6.45) is 1.71. The highest BCUT2D eigenvalue weighted by Gasteiger charge is 2.74. The summed E-state index contributed by atoms with van der Waals surface area (Å²) in [5.41, 5.74) is 0.126. The normalized spacial score (nSPS) is 34.4. The first kappa shape index (κ1) is 17.2. The number of para-hydroxylation sites is 1. The third kappa shape index (κ3) is 1.92. The molecule has 0 aromatic heterocycles. The summed E-state index contributed by atoms with van der Waals surface area (Å²) in [6, 6.07) is 5.27. The molecule has 4 atom stereocenters. The second-order valence-electron chi connectivity index (χ2n) is 7.61. The summed E-state index contributed by atoms with van der Waals surface area (Å²) in [4.78, 5) is 43.2. The number of amides is 3. The van der Waals surface area contributed by atoms with E-state index < -0.39 is 17.4 Å². The number of fused-ring (bicyclic) bond motifs is 7. The zero-order chi connectivity index (χ0) is 18.9. The van der Waals surface area contributed by atoms with Crippen molar-refractivity contribution in [1.29, 1.82) is 0 Å². The number of benzene rings is 1. The number of hydrogen-bond donors (Lipinski definition) is 1. The maximum Gasteiger partial charge on any atom is 0.250 e. The van der Waals surface area contributed by atoms with Crippen LogP contribution in [-0.2, 0) is 24.7 Å². The highest BCUT2D eigenvalue weighted by molar-refractivity contribution is 6.35. The van der Waals surface area contributed by atoms with Gasteiger partial charge in [0.25, 0.3) is 5.91 Å². The van der Waals surface area contributed by atoms with Crippen LogP contribution in [0, 0.1) is 11.8 Å². The van der Waals surface area contributed by atoms with Crippen LogP contribution in [0.2, 0.25) is 5.02 Å². The van der Waals surface area contributed by atoms with Crippen LogP contribution in [0.4, 0.5) is 5.69 Å². The lowest BCUT2D eigenvalue weighted by Crippen LogP contribution is -2.54. The van der Waals surface area contributed by atoms with Crippen LogP contribution in [0.3, 0.4) is 0 Å². The largest absolute Gasteiger partial charge is 0.383 e. The first-order valence-electron chi connectivity index (χ1n) is 9.24. The molecule has 1 aromatic carbocycles. The molecule has 0 saturated carbocycles. The van der Waals surface area contributed by atoms with E-state index in [0.717, 1.165) is 12.8 Å². The number of methoxy groups -OCH3 is 1. The highest BCUT2D eigenvalue weighted by atomic mass is 35.5. The van der Waals surface area contributed by atoms with Crippen molar-refractivity contribution < 1.29 is 19.1 Å². The Bertz CT molecular complexity index is 875. The second-order valence-corrected chi connectivity index (χ2v) is 8.02. The van der Waals surface area contributed by atoms with E-state index in [9.17, 15) is 14.4 Å². The van der Waals surface area contributed by atoms with Gasteiger partial charge in [-0.15, -0.1) is 0 Å². The summed E-state index contributed by atoms with van der Waals surface area (Å²) < 4.78 is 5.07. The smallest absolute Gasteiger partial charge is 0.250 e. The Balaban J connectivity index is 1.70. The standard InChI is InChI=1S/C19H20ClN3O4/c1-27-9-8-22-16(24)13-12-6-3-7-23(12)19(14(13)17(22)25)10-4-2-5-11(20)15(10)21-18(19)26/h2,4-5,12-14H,3,6-9H2,1H3,(H,21,26)/t12-,13-,14+,19+/m1/s1. The lowest BCUT2D eigenvalue weighted by Gasteiger charge is -2.36. The van der Waals surface area contributed by atoms with Gasteiger partial charge in [-0.05, 0) is 25.5 Å². The molecule has 0 aliphatic carbocycles.